The highest BCUT2D eigenvalue weighted by Gasteiger charge is 2.19. The van der Waals surface area contributed by atoms with Crippen LogP contribution in [0.3, 0.4) is 0 Å². The molecule has 0 aliphatic carbocycles. The van der Waals surface area contributed by atoms with Gasteiger partial charge in [-0.3, -0.25) is 0 Å². The van der Waals surface area contributed by atoms with Crippen LogP contribution in [0.4, 0.5) is 0 Å². The van der Waals surface area contributed by atoms with Gasteiger partial charge in [0, 0.05) is 4.88 Å². The van der Waals surface area contributed by atoms with Crippen LogP contribution in [0.2, 0.25) is 0 Å². The first-order valence-corrected chi connectivity index (χ1v) is 7.75. The van der Waals surface area contributed by atoms with Crippen LogP contribution in [0.1, 0.15) is 40.4 Å². The maximum atomic E-state index is 11.2. The van der Waals surface area contributed by atoms with E-state index in [-0.39, 0.29) is 6.04 Å². The number of thiophene rings is 1. The molecule has 0 aliphatic heterocycles. The largest absolute Gasteiger partial charge is 0.478 e. The van der Waals surface area contributed by atoms with Crippen molar-refractivity contribution >= 4 is 28.3 Å². The molecule has 0 spiro atoms. The van der Waals surface area contributed by atoms with Gasteiger partial charge in [-0.05, 0) is 43.0 Å². The molecule has 0 fully saturated rings. The first-order chi connectivity index (χ1) is 10.1. The third kappa shape index (κ3) is 2.34. The second-order valence-corrected chi connectivity index (χ2v) is 5.96. The molecule has 5 heteroatoms. The third-order valence-electron chi connectivity index (χ3n) is 3.68. The molecular formula is C16H16N2O2S. The van der Waals surface area contributed by atoms with Crippen LogP contribution in [-0.4, -0.2) is 20.6 Å². The number of aromatic nitrogens is 2. The Morgan fingerprint density at radius 2 is 2.24 bits per heavy atom. The zero-order chi connectivity index (χ0) is 15.0. The Balaban J connectivity index is 2.22. The molecular weight excluding hydrogens is 284 g/mol. The van der Waals surface area contributed by atoms with Crippen LogP contribution >= 0.6 is 11.3 Å². The Morgan fingerprint density at radius 3 is 2.86 bits per heavy atom. The minimum atomic E-state index is -0.911. The zero-order valence-corrected chi connectivity index (χ0v) is 12.7. The van der Waals surface area contributed by atoms with E-state index in [1.54, 1.807) is 29.5 Å². The molecule has 1 aromatic carbocycles. The summed E-state index contributed by atoms with van der Waals surface area (Å²) >= 11 is 1.72. The monoisotopic (exact) mass is 300 g/mol. The Morgan fingerprint density at radius 1 is 1.43 bits per heavy atom. The topological polar surface area (TPSA) is 55.1 Å². The number of imidazole rings is 1. The molecule has 0 amide bonds. The molecule has 1 unspecified atom stereocenters. The van der Waals surface area contributed by atoms with Crippen molar-refractivity contribution in [2.75, 3.05) is 0 Å². The summed E-state index contributed by atoms with van der Waals surface area (Å²) in [5.74, 6) is -0.000682. The highest BCUT2D eigenvalue weighted by atomic mass is 32.1. The molecule has 0 aliphatic rings. The number of nitrogens with zero attached hydrogens (tertiary/aromatic N) is 2. The second-order valence-electron chi connectivity index (χ2n) is 4.98. The van der Waals surface area contributed by atoms with Crippen LogP contribution < -0.4 is 0 Å². The minimum absolute atomic E-state index is 0.194. The predicted octanol–water partition coefficient (Wildman–Crippen LogP) is 4.10. The Kier molecular flexibility index (Phi) is 3.51. The van der Waals surface area contributed by atoms with Gasteiger partial charge in [-0.15, -0.1) is 11.3 Å². The van der Waals surface area contributed by atoms with E-state index in [4.69, 9.17) is 0 Å². The van der Waals surface area contributed by atoms with Gasteiger partial charge < -0.3 is 9.67 Å². The van der Waals surface area contributed by atoms with Crippen molar-refractivity contribution in [1.82, 2.24) is 9.55 Å². The Labute approximate surface area is 126 Å². The SMILES string of the molecule is CCC(c1cccs1)n1c(C)nc2ccc(C(=O)O)cc21. The fourth-order valence-electron chi connectivity index (χ4n) is 2.73. The van der Waals surface area contributed by atoms with E-state index in [1.165, 1.54) is 4.88 Å². The first-order valence-electron chi connectivity index (χ1n) is 6.87. The lowest BCUT2D eigenvalue weighted by Crippen LogP contribution is -2.10. The molecule has 1 N–H and O–H groups in total. The molecule has 3 rings (SSSR count). The summed E-state index contributed by atoms with van der Waals surface area (Å²) in [5.41, 5.74) is 2.02. The number of carboxylic acids is 1. The average molecular weight is 300 g/mol. The van der Waals surface area contributed by atoms with Crippen LogP contribution in [-0.2, 0) is 0 Å². The molecule has 0 saturated carbocycles. The number of aryl methyl sites for hydroxylation is 1. The van der Waals surface area contributed by atoms with Crippen molar-refractivity contribution < 1.29 is 9.90 Å². The van der Waals surface area contributed by atoms with Crippen LogP contribution in [0.5, 0.6) is 0 Å². The van der Waals surface area contributed by atoms with Crippen molar-refractivity contribution in [3.05, 3.63) is 52.0 Å². The molecule has 1 atom stereocenters. The molecule has 3 aromatic rings. The fourth-order valence-corrected chi connectivity index (χ4v) is 3.63. The van der Waals surface area contributed by atoms with E-state index in [0.717, 1.165) is 23.3 Å². The number of hydrogen-bond donors (Lipinski definition) is 1. The van der Waals surface area contributed by atoms with Gasteiger partial charge in [-0.1, -0.05) is 13.0 Å². The molecule has 0 saturated heterocycles. The van der Waals surface area contributed by atoms with Crippen molar-refractivity contribution in [2.24, 2.45) is 0 Å². The molecule has 2 aromatic heterocycles. The highest BCUT2D eigenvalue weighted by Crippen LogP contribution is 2.31. The number of carbonyl (C=O) groups is 1. The smallest absolute Gasteiger partial charge is 0.335 e. The fraction of sp³-hybridized carbons (Fsp3) is 0.250. The molecule has 0 bridgehead atoms. The van der Waals surface area contributed by atoms with Crippen LogP contribution in [0, 0.1) is 6.92 Å². The normalized spacial score (nSPS) is 12.7. The zero-order valence-electron chi connectivity index (χ0n) is 11.9. The quantitative estimate of drug-likeness (QED) is 0.789. The molecule has 0 radical (unpaired) electrons. The lowest BCUT2D eigenvalue weighted by atomic mass is 10.1. The molecule has 108 valence electrons. The Bertz CT molecular complexity index is 790. The number of fused-ring (bicyclic) bond motifs is 1. The number of benzene rings is 1. The van der Waals surface area contributed by atoms with E-state index < -0.39 is 5.97 Å². The number of hydrogen-bond acceptors (Lipinski definition) is 3. The van der Waals surface area contributed by atoms with Crippen molar-refractivity contribution in [2.45, 2.75) is 26.3 Å². The van der Waals surface area contributed by atoms with E-state index >= 15 is 0 Å². The lowest BCUT2D eigenvalue weighted by Gasteiger charge is -2.18. The van der Waals surface area contributed by atoms with E-state index in [0.29, 0.717) is 5.56 Å². The minimum Gasteiger partial charge on any atom is -0.478 e. The van der Waals surface area contributed by atoms with Crippen molar-refractivity contribution in [3.8, 4) is 0 Å². The van der Waals surface area contributed by atoms with Gasteiger partial charge in [0.2, 0.25) is 0 Å². The third-order valence-corrected chi connectivity index (χ3v) is 4.66. The molecule has 2 heterocycles. The maximum absolute atomic E-state index is 11.2. The van der Waals surface area contributed by atoms with Gasteiger partial charge >= 0.3 is 5.97 Å². The summed E-state index contributed by atoms with van der Waals surface area (Å²) in [6, 6.07) is 9.45. The number of carboxylic acid groups (broad SMARTS) is 1. The van der Waals surface area contributed by atoms with Gasteiger partial charge in [0.25, 0.3) is 0 Å². The summed E-state index contributed by atoms with van der Waals surface area (Å²) < 4.78 is 2.15. The maximum Gasteiger partial charge on any atom is 0.335 e. The summed E-state index contributed by atoms with van der Waals surface area (Å²) in [4.78, 5) is 17.0. The average Bonchev–Trinajstić information content (AvgIpc) is 3.08. The van der Waals surface area contributed by atoms with E-state index in [9.17, 15) is 9.90 Å². The van der Waals surface area contributed by atoms with Crippen LogP contribution in [0.25, 0.3) is 11.0 Å². The highest BCUT2D eigenvalue weighted by molar-refractivity contribution is 7.10. The Hall–Kier alpha value is -2.14. The number of aromatic carboxylic acids is 1. The molecule has 21 heavy (non-hydrogen) atoms. The summed E-state index contributed by atoms with van der Waals surface area (Å²) in [6.07, 6.45) is 0.935. The van der Waals surface area contributed by atoms with Crippen molar-refractivity contribution in [3.63, 3.8) is 0 Å². The summed E-state index contributed by atoms with van der Waals surface area (Å²) in [5, 5.41) is 11.3. The summed E-state index contributed by atoms with van der Waals surface area (Å²) in [7, 11) is 0. The second kappa shape index (κ2) is 5.33. The van der Waals surface area contributed by atoms with Gasteiger partial charge in [0.05, 0.1) is 22.6 Å². The lowest BCUT2D eigenvalue weighted by molar-refractivity contribution is 0.0697. The van der Waals surface area contributed by atoms with Gasteiger partial charge in [-0.25, -0.2) is 9.78 Å². The van der Waals surface area contributed by atoms with Gasteiger partial charge in [0.1, 0.15) is 5.82 Å². The predicted molar refractivity (Wildman–Crippen MR) is 84.2 cm³/mol. The first kappa shape index (κ1) is 13.8. The van der Waals surface area contributed by atoms with E-state index in [2.05, 4.69) is 27.9 Å². The molecule has 4 nitrogen and oxygen atoms in total. The van der Waals surface area contributed by atoms with E-state index in [1.807, 2.05) is 13.0 Å². The van der Waals surface area contributed by atoms with Crippen LogP contribution in [0.15, 0.2) is 35.7 Å². The summed E-state index contributed by atoms with van der Waals surface area (Å²) in [6.45, 7) is 4.10. The van der Waals surface area contributed by atoms with Crippen molar-refractivity contribution in [1.29, 1.82) is 0 Å². The van der Waals surface area contributed by atoms with Gasteiger partial charge in [0.15, 0.2) is 0 Å². The standard InChI is InChI=1S/C16H16N2O2S/c1-3-13(15-5-4-8-21-15)18-10(2)17-12-7-6-11(16(19)20)9-14(12)18/h4-9,13H,3H2,1-2H3,(H,19,20). The van der Waals surface area contributed by atoms with Gasteiger partial charge in [-0.2, -0.15) is 0 Å². The number of rotatable bonds is 4.